The number of esters is 1. The molecule has 1 atom stereocenters. The second kappa shape index (κ2) is 11.4. The van der Waals surface area contributed by atoms with Crippen molar-refractivity contribution in [2.24, 2.45) is 11.0 Å². The van der Waals surface area contributed by atoms with Crippen molar-refractivity contribution in [2.75, 3.05) is 18.5 Å². The number of fused-ring (bicyclic) bond motifs is 1. The molecule has 0 fully saturated rings. The molecule has 1 heterocycles. The molecular formula is C24H27N3O5S. The molecule has 0 radical (unpaired) electrons. The van der Waals surface area contributed by atoms with Gasteiger partial charge < -0.3 is 14.8 Å². The number of carbonyl (C=O) groups excluding carboxylic acids is 3. The van der Waals surface area contributed by atoms with E-state index in [0.29, 0.717) is 34.4 Å². The normalized spacial score (nSPS) is 14.9. The Labute approximate surface area is 196 Å². The molecule has 1 aromatic heterocycles. The Morgan fingerprint density at radius 1 is 1.30 bits per heavy atom. The van der Waals surface area contributed by atoms with E-state index in [1.165, 1.54) is 17.6 Å². The zero-order chi connectivity index (χ0) is 23.8. The Bertz CT molecular complexity index is 1080. The van der Waals surface area contributed by atoms with E-state index in [9.17, 15) is 14.4 Å². The van der Waals surface area contributed by atoms with Crippen LogP contribution in [0.15, 0.2) is 42.0 Å². The molecule has 9 heteroatoms. The lowest BCUT2D eigenvalue weighted by molar-refractivity contribution is -0.136. The number of thiophene rings is 1. The molecule has 2 N–H and O–H groups in total. The van der Waals surface area contributed by atoms with E-state index in [1.807, 2.05) is 0 Å². The van der Waals surface area contributed by atoms with Crippen molar-refractivity contribution in [3.63, 3.8) is 0 Å². The van der Waals surface area contributed by atoms with E-state index in [2.05, 4.69) is 29.3 Å². The minimum absolute atomic E-state index is 0.224. The summed E-state index contributed by atoms with van der Waals surface area (Å²) in [5, 5.41) is 6.74. The molecule has 8 nitrogen and oxygen atoms in total. The molecule has 1 aliphatic rings. The fourth-order valence-corrected chi connectivity index (χ4v) is 4.87. The van der Waals surface area contributed by atoms with Gasteiger partial charge in [-0.05, 0) is 55.4 Å². The number of nitrogens with zero attached hydrogens (tertiary/aromatic N) is 1. The molecule has 33 heavy (non-hydrogen) atoms. The fraction of sp³-hybridized carbons (Fsp3) is 0.333. The number of hydrazone groups is 1. The van der Waals surface area contributed by atoms with Gasteiger partial charge in [0.1, 0.15) is 17.4 Å². The van der Waals surface area contributed by atoms with E-state index in [1.54, 1.807) is 37.3 Å². The van der Waals surface area contributed by atoms with Gasteiger partial charge in [0.05, 0.1) is 18.4 Å². The Hall–Kier alpha value is -3.46. The van der Waals surface area contributed by atoms with Gasteiger partial charge in [0.2, 0.25) is 0 Å². The highest BCUT2D eigenvalue weighted by Crippen LogP contribution is 2.40. The van der Waals surface area contributed by atoms with Gasteiger partial charge in [0.25, 0.3) is 0 Å². The first kappa shape index (κ1) is 24.2. The van der Waals surface area contributed by atoms with Crippen molar-refractivity contribution in [3.8, 4) is 5.75 Å². The molecule has 0 bridgehead atoms. The third kappa shape index (κ3) is 6.29. The Morgan fingerprint density at radius 2 is 2.12 bits per heavy atom. The highest BCUT2D eigenvalue weighted by molar-refractivity contribution is 7.17. The number of rotatable bonds is 8. The summed E-state index contributed by atoms with van der Waals surface area (Å²) in [5.74, 6) is -1.22. The van der Waals surface area contributed by atoms with Gasteiger partial charge in [-0.2, -0.15) is 5.10 Å². The largest absolute Gasteiger partial charge is 0.490 e. The molecule has 2 aromatic rings. The monoisotopic (exact) mass is 469 g/mol. The van der Waals surface area contributed by atoms with Crippen molar-refractivity contribution >= 4 is 40.3 Å². The van der Waals surface area contributed by atoms with Crippen LogP contribution in [0.3, 0.4) is 0 Å². The lowest BCUT2D eigenvalue weighted by Crippen LogP contribution is -2.32. The third-order valence-corrected chi connectivity index (χ3v) is 6.20. The van der Waals surface area contributed by atoms with Gasteiger partial charge in [-0.25, -0.2) is 10.2 Å². The number of nitrogens with one attached hydrogen (secondary N) is 2. The van der Waals surface area contributed by atoms with E-state index < -0.39 is 17.8 Å². The topological polar surface area (TPSA) is 106 Å². The quantitative estimate of drug-likeness (QED) is 0.202. The SMILES string of the molecule is C=CCOc1cccc(/C=N\NC(=O)C(=O)Nc2sc3c(c2C(=O)OCC)CC[C@@H](C)C3)c1. The Balaban J connectivity index is 1.67. The first-order valence-electron chi connectivity index (χ1n) is 10.7. The number of carbonyl (C=O) groups is 3. The summed E-state index contributed by atoms with van der Waals surface area (Å²) in [6.45, 7) is 8.07. The van der Waals surface area contributed by atoms with Crippen molar-refractivity contribution in [1.29, 1.82) is 0 Å². The van der Waals surface area contributed by atoms with Crippen molar-refractivity contribution in [2.45, 2.75) is 33.1 Å². The number of hydrogen-bond acceptors (Lipinski definition) is 7. The first-order chi connectivity index (χ1) is 15.9. The lowest BCUT2D eigenvalue weighted by Gasteiger charge is -2.18. The van der Waals surface area contributed by atoms with Crippen LogP contribution in [0.2, 0.25) is 0 Å². The van der Waals surface area contributed by atoms with Crippen LogP contribution < -0.4 is 15.5 Å². The number of anilines is 1. The predicted octanol–water partition coefficient (Wildman–Crippen LogP) is 3.70. The third-order valence-electron chi connectivity index (χ3n) is 5.03. The van der Waals surface area contributed by atoms with Crippen LogP contribution >= 0.6 is 11.3 Å². The summed E-state index contributed by atoms with van der Waals surface area (Å²) in [6.07, 6.45) is 5.56. The summed E-state index contributed by atoms with van der Waals surface area (Å²) in [7, 11) is 0. The first-order valence-corrected chi connectivity index (χ1v) is 11.5. The number of amides is 2. The second-order valence-corrected chi connectivity index (χ2v) is 8.71. The van der Waals surface area contributed by atoms with Crippen LogP contribution in [0.1, 0.15) is 46.6 Å². The Morgan fingerprint density at radius 3 is 2.88 bits per heavy atom. The molecule has 1 aliphatic carbocycles. The van der Waals surface area contributed by atoms with Crippen molar-refractivity contribution in [3.05, 3.63) is 58.5 Å². The second-order valence-electron chi connectivity index (χ2n) is 7.60. The van der Waals surface area contributed by atoms with Gasteiger partial charge in [-0.15, -0.1) is 11.3 Å². The highest BCUT2D eigenvalue weighted by Gasteiger charge is 2.30. The molecule has 0 spiro atoms. The summed E-state index contributed by atoms with van der Waals surface area (Å²) in [5.41, 5.74) is 4.15. The van der Waals surface area contributed by atoms with Crippen molar-refractivity contribution in [1.82, 2.24) is 5.43 Å². The van der Waals surface area contributed by atoms with E-state index in [-0.39, 0.29) is 6.61 Å². The highest BCUT2D eigenvalue weighted by atomic mass is 32.1. The molecule has 174 valence electrons. The molecular weight excluding hydrogens is 442 g/mol. The van der Waals surface area contributed by atoms with Crippen LogP contribution in [0.5, 0.6) is 5.75 Å². The molecule has 0 aliphatic heterocycles. The zero-order valence-electron chi connectivity index (χ0n) is 18.7. The predicted molar refractivity (Wildman–Crippen MR) is 128 cm³/mol. The van der Waals surface area contributed by atoms with E-state index in [0.717, 1.165) is 29.7 Å². The average Bonchev–Trinajstić information content (AvgIpc) is 3.14. The fourth-order valence-electron chi connectivity index (χ4n) is 3.47. The number of benzene rings is 1. The summed E-state index contributed by atoms with van der Waals surface area (Å²) in [6, 6.07) is 7.08. The van der Waals surface area contributed by atoms with Gasteiger partial charge in [0.15, 0.2) is 0 Å². The molecule has 1 aromatic carbocycles. The van der Waals surface area contributed by atoms with Crippen LogP contribution in [0, 0.1) is 5.92 Å². The molecule has 2 amide bonds. The Kier molecular flexibility index (Phi) is 8.37. The van der Waals surface area contributed by atoms with E-state index >= 15 is 0 Å². The van der Waals surface area contributed by atoms with Gasteiger partial charge in [0, 0.05) is 4.88 Å². The molecule has 0 saturated heterocycles. The van der Waals surface area contributed by atoms with Gasteiger partial charge in [-0.3, -0.25) is 9.59 Å². The summed E-state index contributed by atoms with van der Waals surface area (Å²) >= 11 is 1.32. The van der Waals surface area contributed by atoms with Gasteiger partial charge in [-0.1, -0.05) is 31.7 Å². The zero-order valence-corrected chi connectivity index (χ0v) is 19.5. The number of hydrogen-bond donors (Lipinski definition) is 2. The minimum atomic E-state index is -0.945. The maximum absolute atomic E-state index is 12.5. The maximum atomic E-state index is 12.5. The van der Waals surface area contributed by atoms with Gasteiger partial charge >= 0.3 is 17.8 Å². The average molecular weight is 470 g/mol. The number of ether oxygens (including phenoxy) is 2. The smallest absolute Gasteiger partial charge is 0.341 e. The van der Waals surface area contributed by atoms with Crippen molar-refractivity contribution < 1.29 is 23.9 Å². The molecule has 3 rings (SSSR count). The minimum Gasteiger partial charge on any atom is -0.490 e. The standard InChI is InChI=1S/C24H27N3O5S/c1-4-11-32-17-8-6-7-16(13-17)14-25-27-22(29)21(28)26-23-20(24(30)31-5-2)18-10-9-15(3)12-19(18)33-23/h4,6-8,13-15H,1,5,9-12H2,2-3H3,(H,26,28)(H,27,29)/b25-14-/t15-/m1/s1. The molecule has 0 unspecified atom stereocenters. The summed E-state index contributed by atoms with van der Waals surface area (Å²) < 4.78 is 10.6. The molecule has 0 saturated carbocycles. The summed E-state index contributed by atoms with van der Waals surface area (Å²) in [4.78, 5) is 38.3. The van der Waals surface area contributed by atoms with Crippen LogP contribution in [-0.2, 0) is 27.2 Å². The maximum Gasteiger partial charge on any atom is 0.341 e. The van der Waals surface area contributed by atoms with E-state index in [4.69, 9.17) is 9.47 Å². The lowest BCUT2D eigenvalue weighted by atomic mass is 9.88. The van der Waals surface area contributed by atoms with Crippen LogP contribution in [0.4, 0.5) is 5.00 Å². The van der Waals surface area contributed by atoms with Crippen LogP contribution in [0.25, 0.3) is 0 Å². The van der Waals surface area contributed by atoms with Crippen LogP contribution in [-0.4, -0.2) is 37.2 Å².